The highest BCUT2D eigenvalue weighted by molar-refractivity contribution is 7.17. The van der Waals surface area contributed by atoms with Gasteiger partial charge < -0.3 is 18.6 Å². The zero-order valence-corrected chi connectivity index (χ0v) is 18.0. The molecule has 0 amide bonds. The first-order chi connectivity index (χ1) is 14.3. The minimum Gasteiger partial charge on any atom is -0.493 e. The summed E-state index contributed by atoms with van der Waals surface area (Å²) >= 11 is 0. The molecule has 0 bridgehead atoms. The minimum atomic E-state index is -3.42. The summed E-state index contributed by atoms with van der Waals surface area (Å²) in [5, 5.41) is 0. The number of halogens is 2. The molecule has 0 saturated heterocycles. The molecule has 1 fully saturated rings. The van der Waals surface area contributed by atoms with Crippen LogP contribution < -0.4 is 14.2 Å². The standard InChI is InChI=1S/C22H24F2NO4P/c1-13(2)11-26-16-6-7-17-19(10-16)28-21(25-17)15-5-8-18(27-12-14-3-4-14)20(9-15)29-22(23,24)30/h5-10,13-14H,3-4,11-12,30H2,1-2H3. The van der Waals surface area contributed by atoms with Gasteiger partial charge in [-0.3, -0.25) is 0 Å². The Labute approximate surface area is 175 Å². The highest BCUT2D eigenvalue weighted by atomic mass is 31.0. The van der Waals surface area contributed by atoms with Gasteiger partial charge in [-0.2, -0.15) is 8.78 Å². The van der Waals surface area contributed by atoms with Gasteiger partial charge >= 0.3 is 5.85 Å². The van der Waals surface area contributed by atoms with Crippen LogP contribution in [-0.4, -0.2) is 24.0 Å². The lowest BCUT2D eigenvalue weighted by Crippen LogP contribution is -2.16. The van der Waals surface area contributed by atoms with Crippen LogP contribution in [0.5, 0.6) is 17.2 Å². The summed E-state index contributed by atoms with van der Waals surface area (Å²) in [6.07, 6.45) is 2.19. The van der Waals surface area contributed by atoms with Crippen molar-refractivity contribution in [3.05, 3.63) is 36.4 Å². The van der Waals surface area contributed by atoms with Crippen LogP contribution in [0.3, 0.4) is 0 Å². The van der Waals surface area contributed by atoms with E-state index < -0.39 is 5.85 Å². The third-order valence-electron chi connectivity index (χ3n) is 4.55. The van der Waals surface area contributed by atoms with E-state index in [4.69, 9.17) is 18.6 Å². The van der Waals surface area contributed by atoms with Crippen LogP contribution in [0.2, 0.25) is 0 Å². The van der Waals surface area contributed by atoms with Crippen LogP contribution in [0.1, 0.15) is 26.7 Å². The number of rotatable bonds is 9. The van der Waals surface area contributed by atoms with Gasteiger partial charge in [0.1, 0.15) is 11.3 Å². The maximum absolute atomic E-state index is 13.5. The fourth-order valence-electron chi connectivity index (χ4n) is 2.86. The Kier molecular flexibility index (Phi) is 5.83. The molecule has 30 heavy (non-hydrogen) atoms. The van der Waals surface area contributed by atoms with Crippen molar-refractivity contribution in [3.8, 4) is 28.7 Å². The highest BCUT2D eigenvalue weighted by Crippen LogP contribution is 2.39. The normalized spacial score (nSPS) is 14.3. The molecule has 0 N–H and O–H groups in total. The molecule has 160 valence electrons. The molecule has 1 unspecified atom stereocenters. The van der Waals surface area contributed by atoms with Gasteiger partial charge in [-0.25, -0.2) is 4.98 Å². The van der Waals surface area contributed by atoms with Crippen molar-refractivity contribution in [2.45, 2.75) is 32.5 Å². The van der Waals surface area contributed by atoms with Gasteiger partial charge in [0.2, 0.25) is 5.89 Å². The van der Waals surface area contributed by atoms with Crippen LogP contribution in [0.4, 0.5) is 8.78 Å². The van der Waals surface area contributed by atoms with Gasteiger partial charge in [0, 0.05) is 11.6 Å². The number of alkyl halides is 2. The van der Waals surface area contributed by atoms with Crippen LogP contribution in [0, 0.1) is 11.8 Å². The summed E-state index contributed by atoms with van der Waals surface area (Å²) in [5.74, 6) is -1.32. The van der Waals surface area contributed by atoms with Gasteiger partial charge in [0.25, 0.3) is 0 Å². The van der Waals surface area contributed by atoms with E-state index in [0.717, 1.165) is 12.8 Å². The van der Waals surface area contributed by atoms with Crippen molar-refractivity contribution >= 4 is 20.3 Å². The topological polar surface area (TPSA) is 53.7 Å². The Morgan fingerprint density at radius 2 is 1.93 bits per heavy atom. The summed E-state index contributed by atoms with van der Waals surface area (Å²) in [7, 11) is 1.37. The monoisotopic (exact) mass is 435 g/mol. The highest BCUT2D eigenvalue weighted by Gasteiger charge is 2.27. The van der Waals surface area contributed by atoms with E-state index in [2.05, 4.69) is 18.8 Å². The second-order valence-corrected chi connectivity index (χ2v) is 8.61. The Morgan fingerprint density at radius 1 is 1.13 bits per heavy atom. The van der Waals surface area contributed by atoms with Crippen LogP contribution >= 0.6 is 9.24 Å². The minimum absolute atomic E-state index is 0.0589. The molecule has 1 heterocycles. The summed E-state index contributed by atoms with van der Waals surface area (Å²) in [6, 6.07) is 10.2. The molecule has 1 saturated carbocycles. The number of oxazole rings is 1. The maximum atomic E-state index is 13.5. The second-order valence-electron chi connectivity index (χ2n) is 7.93. The average Bonchev–Trinajstić information content (AvgIpc) is 3.40. The van der Waals surface area contributed by atoms with Crippen molar-refractivity contribution < 1.29 is 27.4 Å². The molecular weight excluding hydrogens is 411 g/mol. The SMILES string of the molecule is CC(C)COc1ccc2nc(-c3ccc(OCC4CC4)c(OC(F)(F)P)c3)oc2c1. The lowest BCUT2D eigenvalue weighted by atomic mass is 10.2. The molecule has 4 rings (SSSR count). The molecule has 0 aliphatic heterocycles. The zero-order valence-electron chi connectivity index (χ0n) is 16.9. The van der Waals surface area contributed by atoms with Crippen molar-refractivity contribution in [3.63, 3.8) is 0 Å². The number of fused-ring (bicyclic) bond motifs is 1. The van der Waals surface area contributed by atoms with Gasteiger partial charge in [-0.1, -0.05) is 13.8 Å². The molecule has 2 aromatic carbocycles. The van der Waals surface area contributed by atoms with Gasteiger partial charge in [-0.15, -0.1) is 0 Å². The summed E-state index contributed by atoms with van der Waals surface area (Å²) in [4.78, 5) is 4.46. The molecule has 1 aliphatic carbocycles. The number of nitrogens with zero attached hydrogens (tertiary/aromatic N) is 1. The lowest BCUT2D eigenvalue weighted by Gasteiger charge is -2.17. The van der Waals surface area contributed by atoms with E-state index in [1.807, 2.05) is 6.07 Å². The van der Waals surface area contributed by atoms with E-state index in [0.29, 0.717) is 53.4 Å². The number of aromatic nitrogens is 1. The molecule has 1 atom stereocenters. The largest absolute Gasteiger partial charge is 0.493 e. The predicted octanol–water partition coefficient (Wildman–Crippen LogP) is 6.12. The fraction of sp³-hybridized carbons (Fsp3) is 0.409. The van der Waals surface area contributed by atoms with Crippen LogP contribution in [-0.2, 0) is 0 Å². The summed E-state index contributed by atoms with van der Waals surface area (Å²) in [5.41, 5.74) is 1.72. The average molecular weight is 435 g/mol. The van der Waals surface area contributed by atoms with E-state index in [1.165, 1.54) is 15.3 Å². The molecule has 1 aliphatic rings. The van der Waals surface area contributed by atoms with Crippen molar-refractivity contribution in [1.82, 2.24) is 4.98 Å². The Hall–Kier alpha value is -2.40. The van der Waals surface area contributed by atoms with E-state index >= 15 is 0 Å². The van der Waals surface area contributed by atoms with Gasteiger partial charge in [-0.05, 0) is 64.2 Å². The van der Waals surface area contributed by atoms with Crippen molar-refractivity contribution in [2.24, 2.45) is 11.8 Å². The lowest BCUT2D eigenvalue weighted by molar-refractivity contribution is -0.0905. The van der Waals surface area contributed by atoms with Gasteiger partial charge in [0.15, 0.2) is 17.1 Å². The third kappa shape index (κ3) is 5.39. The smallest absolute Gasteiger partial charge is 0.408 e. The predicted molar refractivity (Wildman–Crippen MR) is 113 cm³/mol. The number of hydrogen-bond donors (Lipinski definition) is 0. The summed E-state index contributed by atoms with van der Waals surface area (Å²) in [6.45, 7) is 5.22. The zero-order chi connectivity index (χ0) is 21.3. The van der Waals surface area contributed by atoms with Crippen LogP contribution in [0.25, 0.3) is 22.6 Å². The Balaban J connectivity index is 1.61. The first kappa shape index (κ1) is 20.9. The number of ether oxygens (including phenoxy) is 3. The van der Waals surface area contributed by atoms with E-state index in [1.54, 1.807) is 24.3 Å². The second kappa shape index (κ2) is 8.38. The molecule has 3 aromatic rings. The quantitative estimate of drug-likeness (QED) is 0.379. The van der Waals surface area contributed by atoms with E-state index in [-0.39, 0.29) is 11.5 Å². The van der Waals surface area contributed by atoms with Crippen LogP contribution in [0.15, 0.2) is 40.8 Å². The third-order valence-corrected chi connectivity index (χ3v) is 4.67. The molecule has 0 radical (unpaired) electrons. The maximum Gasteiger partial charge on any atom is 0.408 e. The number of hydrogen-bond acceptors (Lipinski definition) is 5. The van der Waals surface area contributed by atoms with Gasteiger partial charge in [0.05, 0.1) is 13.2 Å². The Bertz CT molecular complexity index is 1030. The molecule has 5 nitrogen and oxygen atoms in total. The van der Waals surface area contributed by atoms with Crippen molar-refractivity contribution in [1.29, 1.82) is 0 Å². The fourth-order valence-corrected chi connectivity index (χ4v) is 2.99. The molecule has 0 spiro atoms. The Morgan fingerprint density at radius 3 is 2.63 bits per heavy atom. The van der Waals surface area contributed by atoms with Crippen molar-refractivity contribution in [2.75, 3.05) is 13.2 Å². The molecule has 8 heteroatoms. The molecular formula is C22H24F2NO4P. The summed E-state index contributed by atoms with van der Waals surface area (Å²) < 4.78 is 49.1. The molecule has 1 aromatic heterocycles. The van der Waals surface area contributed by atoms with E-state index in [9.17, 15) is 8.78 Å². The first-order valence-corrected chi connectivity index (χ1v) is 10.5. The number of benzene rings is 2. The first-order valence-electron chi connectivity index (χ1n) is 9.93.